The third kappa shape index (κ3) is 8.73. The molecule has 0 bridgehead atoms. The zero-order chi connectivity index (χ0) is 27.5. The fraction of sp³-hybridized carbons (Fsp3) is 0.448. The third-order valence-corrected chi connectivity index (χ3v) is 7.10. The lowest BCUT2D eigenvalue weighted by atomic mass is 10.0. The van der Waals surface area contributed by atoms with Crippen molar-refractivity contribution in [2.24, 2.45) is 0 Å². The standard InChI is InChI=1S/C29H39N7O3/c1-22-19-23(9-8-14-30-31-21-22)20-26(27(37)35-15-6-3-7-16-35)34-29(39)36-17-12-25(13-18-36)33-28(38)32-24-10-4-2-5-11-24/h2,4-5,8-11,14,19,21,25-26,31H,3,6-7,12-13,15-18,20H2,1H3,(H,34,39)(H2,32,33,38). The van der Waals surface area contributed by atoms with E-state index in [0.717, 1.165) is 49.2 Å². The van der Waals surface area contributed by atoms with E-state index >= 15 is 0 Å². The minimum absolute atomic E-state index is 0.0253. The molecule has 2 saturated heterocycles. The van der Waals surface area contributed by atoms with Gasteiger partial charge in [0.1, 0.15) is 6.04 Å². The molecule has 208 valence electrons. The average Bonchev–Trinajstić information content (AvgIpc) is 3.05. The molecule has 1 aromatic heterocycles. The van der Waals surface area contributed by atoms with Gasteiger partial charge in [0, 0.05) is 56.7 Å². The van der Waals surface area contributed by atoms with E-state index in [1.807, 2.05) is 60.4 Å². The highest BCUT2D eigenvalue weighted by atomic mass is 16.2. The van der Waals surface area contributed by atoms with E-state index in [2.05, 4.69) is 26.1 Å². The molecular formula is C29H39N7O3. The van der Waals surface area contributed by atoms with Crippen molar-refractivity contribution in [3.8, 4) is 0 Å². The summed E-state index contributed by atoms with van der Waals surface area (Å²) in [6.45, 7) is 4.40. The van der Waals surface area contributed by atoms with Crippen molar-refractivity contribution >= 4 is 23.7 Å². The molecule has 2 aliphatic heterocycles. The van der Waals surface area contributed by atoms with Crippen molar-refractivity contribution in [2.75, 3.05) is 31.5 Å². The van der Waals surface area contributed by atoms with E-state index < -0.39 is 6.04 Å². The number of aromatic nitrogens is 2. The number of anilines is 1. The lowest BCUT2D eigenvalue weighted by Gasteiger charge is -2.35. The highest BCUT2D eigenvalue weighted by Crippen LogP contribution is 2.15. The van der Waals surface area contributed by atoms with Crippen LogP contribution in [-0.2, 0) is 11.2 Å². The molecule has 4 N–H and O–H groups in total. The van der Waals surface area contributed by atoms with Crippen molar-refractivity contribution in [1.82, 2.24) is 30.6 Å². The van der Waals surface area contributed by atoms with Crippen LogP contribution >= 0.6 is 0 Å². The van der Waals surface area contributed by atoms with E-state index in [9.17, 15) is 14.4 Å². The maximum atomic E-state index is 13.6. The Bertz CT molecular complexity index is 1150. The van der Waals surface area contributed by atoms with E-state index in [-0.39, 0.29) is 24.0 Å². The maximum absolute atomic E-state index is 13.6. The van der Waals surface area contributed by atoms with E-state index in [0.29, 0.717) is 32.4 Å². The Morgan fingerprint density at radius 3 is 2.46 bits per heavy atom. The van der Waals surface area contributed by atoms with Gasteiger partial charge in [-0.1, -0.05) is 30.3 Å². The van der Waals surface area contributed by atoms with Crippen LogP contribution in [0.15, 0.2) is 60.9 Å². The van der Waals surface area contributed by atoms with E-state index in [1.165, 1.54) is 0 Å². The smallest absolute Gasteiger partial charge is 0.319 e. The van der Waals surface area contributed by atoms with Crippen LogP contribution in [0.3, 0.4) is 0 Å². The van der Waals surface area contributed by atoms with Crippen molar-refractivity contribution < 1.29 is 14.4 Å². The largest absolute Gasteiger partial charge is 0.341 e. The molecule has 10 nitrogen and oxygen atoms in total. The predicted octanol–water partition coefficient (Wildman–Crippen LogP) is 3.76. The Hall–Kier alpha value is -4.08. The van der Waals surface area contributed by atoms with Gasteiger partial charge in [-0.3, -0.25) is 9.89 Å². The lowest BCUT2D eigenvalue weighted by molar-refractivity contribution is -0.134. The molecule has 0 radical (unpaired) electrons. The first-order valence-electron chi connectivity index (χ1n) is 13.8. The van der Waals surface area contributed by atoms with Gasteiger partial charge in [0.15, 0.2) is 0 Å². The molecule has 1 unspecified atom stereocenters. The number of likely N-dealkylation sites (tertiary alicyclic amines) is 2. The summed E-state index contributed by atoms with van der Waals surface area (Å²) in [4.78, 5) is 42.8. The van der Waals surface area contributed by atoms with Gasteiger partial charge < -0.3 is 25.8 Å². The molecule has 2 aliphatic rings. The Labute approximate surface area is 229 Å². The Morgan fingerprint density at radius 1 is 0.974 bits per heavy atom. The highest BCUT2D eigenvalue weighted by Gasteiger charge is 2.30. The molecular weight excluding hydrogens is 494 g/mol. The van der Waals surface area contributed by atoms with Gasteiger partial charge in [-0.15, -0.1) is 0 Å². The van der Waals surface area contributed by atoms with Gasteiger partial charge in [-0.25, -0.2) is 9.59 Å². The number of nitrogens with one attached hydrogen (secondary N) is 4. The highest BCUT2D eigenvalue weighted by molar-refractivity contribution is 5.89. The van der Waals surface area contributed by atoms with Gasteiger partial charge in [-0.05, 0) is 68.4 Å². The Morgan fingerprint density at radius 2 is 1.72 bits per heavy atom. The molecule has 1 aromatic carbocycles. The number of aryl methyl sites for hydroxylation is 1. The van der Waals surface area contributed by atoms with Crippen LogP contribution in [0.4, 0.5) is 15.3 Å². The fourth-order valence-corrected chi connectivity index (χ4v) is 5.01. The molecule has 2 aromatic rings. The molecule has 1 atom stereocenters. The van der Waals surface area contributed by atoms with Crippen LogP contribution in [0.5, 0.6) is 0 Å². The van der Waals surface area contributed by atoms with E-state index in [4.69, 9.17) is 0 Å². The van der Waals surface area contributed by atoms with Crippen molar-refractivity contribution in [1.29, 1.82) is 0 Å². The van der Waals surface area contributed by atoms with Crippen LogP contribution in [-0.4, -0.2) is 76.2 Å². The number of rotatable bonds is 6. The number of H-pyrrole nitrogens is 1. The van der Waals surface area contributed by atoms with Crippen LogP contribution < -0.4 is 16.0 Å². The average molecular weight is 534 g/mol. The van der Waals surface area contributed by atoms with Gasteiger partial charge in [-0.2, -0.15) is 5.10 Å². The number of aromatic amines is 1. The van der Waals surface area contributed by atoms with Crippen molar-refractivity contribution in [2.45, 2.75) is 57.5 Å². The predicted molar refractivity (Wildman–Crippen MR) is 151 cm³/mol. The second-order valence-electron chi connectivity index (χ2n) is 10.2. The second kappa shape index (κ2) is 14.2. The van der Waals surface area contributed by atoms with Crippen molar-refractivity contribution in [3.63, 3.8) is 0 Å². The van der Waals surface area contributed by atoms with Crippen LogP contribution in [0.25, 0.3) is 0 Å². The minimum Gasteiger partial charge on any atom is -0.341 e. The summed E-state index contributed by atoms with van der Waals surface area (Å²) in [5.74, 6) is -0.0419. The van der Waals surface area contributed by atoms with Crippen LogP contribution in [0.2, 0.25) is 0 Å². The quantitative estimate of drug-likeness (QED) is 0.452. The summed E-state index contributed by atoms with van der Waals surface area (Å²) in [5, 5.41) is 15.8. The minimum atomic E-state index is -0.669. The molecule has 39 heavy (non-hydrogen) atoms. The number of carbonyl (C=O) groups excluding carboxylic acids is 3. The van der Waals surface area contributed by atoms with Crippen LogP contribution in [0.1, 0.15) is 43.2 Å². The number of nitrogens with zero attached hydrogens (tertiary/aromatic N) is 3. The number of amides is 5. The molecule has 0 aliphatic carbocycles. The Kier molecular flexibility index (Phi) is 10.2. The molecule has 4 rings (SSSR count). The van der Waals surface area contributed by atoms with Gasteiger partial charge >= 0.3 is 12.1 Å². The maximum Gasteiger partial charge on any atom is 0.319 e. The number of urea groups is 2. The summed E-state index contributed by atoms with van der Waals surface area (Å²) in [7, 11) is 0. The first-order valence-corrected chi connectivity index (χ1v) is 13.8. The number of hydrogen-bond acceptors (Lipinski definition) is 4. The number of carbonyl (C=O) groups is 3. The fourth-order valence-electron chi connectivity index (χ4n) is 5.01. The summed E-state index contributed by atoms with van der Waals surface area (Å²) in [6.07, 6.45) is 8.21. The van der Waals surface area contributed by atoms with Crippen LogP contribution in [0, 0.1) is 6.92 Å². The molecule has 5 amide bonds. The Balaban J connectivity index is 1.37. The molecule has 3 heterocycles. The lowest BCUT2D eigenvalue weighted by Crippen LogP contribution is -2.56. The SMILES string of the molecule is Cc1c[nH]ncccc(CC(NC(=O)N2CCC(NC(=O)Nc3ccccc3)CC2)C(=O)N2CCCCC2)c1. The molecule has 0 saturated carbocycles. The monoisotopic (exact) mass is 533 g/mol. The van der Waals surface area contributed by atoms with Crippen molar-refractivity contribution in [3.05, 3.63) is 72.1 Å². The van der Waals surface area contributed by atoms with Gasteiger partial charge in [0.25, 0.3) is 0 Å². The number of benzene rings is 1. The summed E-state index contributed by atoms with van der Waals surface area (Å²) in [6, 6.07) is 13.8. The van der Waals surface area contributed by atoms with Gasteiger partial charge in [0.2, 0.25) is 5.91 Å². The number of para-hydroxylation sites is 1. The van der Waals surface area contributed by atoms with E-state index in [1.54, 1.807) is 17.3 Å². The second-order valence-corrected chi connectivity index (χ2v) is 10.2. The summed E-state index contributed by atoms with van der Waals surface area (Å²) >= 11 is 0. The first kappa shape index (κ1) is 27.9. The normalized spacial score (nSPS) is 16.5. The first-order chi connectivity index (χ1) is 19.0. The zero-order valence-electron chi connectivity index (χ0n) is 22.6. The molecule has 10 heteroatoms. The third-order valence-electron chi connectivity index (χ3n) is 7.10. The topological polar surface area (TPSA) is 122 Å². The zero-order valence-corrected chi connectivity index (χ0v) is 22.6. The molecule has 0 spiro atoms. The summed E-state index contributed by atoms with van der Waals surface area (Å²) in [5.41, 5.74) is 2.63. The summed E-state index contributed by atoms with van der Waals surface area (Å²) < 4.78 is 0. The molecule has 2 fully saturated rings. The number of piperidine rings is 2. The number of hydrogen-bond donors (Lipinski definition) is 4. The van der Waals surface area contributed by atoms with Gasteiger partial charge in [0.05, 0.1) is 0 Å².